The van der Waals surface area contributed by atoms with E-state index in [1.54, 1.807) is 41.3 Å². The number of halogens is 2. The van der Waals surface area contributed by atoms with Gasteiger partial charge in [-0.3, -0.25) is 4.79 Å². The maximum absolute atomic E-state index is 13.1. The zero-order chi connectivity index (χ0) is 20.8. The lowest BCUT2D eigenvalue weighted by Crippen LogP contribution is -2.47. The number of carbonyl (C=O) groups is 1. The van der Waals surface area contributed by atoms with E-state index in [1.807, 2.05) is 0 Å². The lowest BCUT2D eigenvalue weighted by atomic mass is 10.0. The third-order valence-corrected chi connectivity index (χ3v) is 10.0. The van der Waals surface area contributed by atoms with Crippen LogP contribution in [0.25, 0.3) is 10.2 Å². The molecule has 0 aliphatic carbocycles. The molecule has 1 atom stereocenters. The van der Waals surface area contributed by atoms with Gasteiger partial charge in [0.25, 0.3) is 15.9 Å². The summed E-state index contributed by atoms with van der Waals surface area (Å²) < 4.78 is 30.0. The molecule has 1 aliphatic rings. The van der Waals surface area contributed by atoms with Gasteiger partial charge in [-0.2, -0.15) is 9.30 Å². The van der Waals surface area contributed by atoms with Crippen molar-refractivity contribution in [3.05, 3.63) is 44.5 Å². The summed E-state index contributed by atoms with van der Waals surface area (Å²) in [6.45, 7) is 0.308. The van der Waals surface area contributed by atoms with E-state index < -0.39 is 22.0 Å². The second kappa shape index (κ2) is 8.13. The van der Waals surface area contributed by atoms with Gasteiger partial charge in [0.2, 0.25) is 0 Å². The molecule has 1 aliphatic heterocycles. The lowest BCUT2D eigenvalue weighted by Gasteiger charge is -2.31. The Kier molecular flexibility index (Phi) is 5.89. The number of rotatable bonds is 3. The lowest BCUT2D eigenvalue weighted by molar-refractivity contribution is -0.122. The summed E-state index contributed by atoms with van der Waals surface area (Å²) in [6, 6.07) is 5.83. The topological polar surface area (TPSA) is 71.7 Å². The first-order chi connectivity index (χ1) is 13.8. The van der Waals surface area contributed by atoms with E-state index in [2.05, 4.69) is 4.99 Å². The van der Waals surface area contributed by atoms with Crippen LogP contribution < -0.4 is 4.80 Å². The molecule has 3 heterocycles. The number of carbonyl (C=O) groups excluding carboxylic acids is 1. The van der Waals surface area contributed by atoms with Crippen LogP contribution in [-0.4, -0.2) is 35.8 Å². The van der Waals surface area contributed by atoms with Gasteiger partial charge in [-0.15, -0.1) is 11.3 Å². The van der Waals surface area contributed by atoms with Crippen molar-refractivity contribution in [2.75, 3.05) is 6.54 Å². The molecule has 0 spiro atoms. The summed E-state index contributed by atoms with van der Waals surface area (Å²) in [4.78, 5) is 17.8. The fourth-order valence-corrected chi connectivity index (χ4v) is 7.85. The number of hydrogen-bond donors (Lipinski definition) is 0. The summed E-state index contributed by atoms with van der Waals surface area (Å²) in [6.07, 6.45) is 1.94. The van der Waals surface area contributed by atoms with Crippen LogP contribution in [0.5, 0.6) is 0 Å². The number of piperidine rings is 1. The van der Waals surface area contributed by atoms with Crippen LogP contribution in [0.15, 0.2) is 38.8 Å². The molecule has 0 radical (unpaired) electrons. The minimum absolute atomic E-state index is 0.239. The van der Waals surface area contributed by atoms with E-state index in [0.717, 1.165) is 28.9 Å². The second-order valence-corrected chi connectivity index (χ2v) is 11.5. The SMILES string of the molecule is Cn1c(=NC(=O)C2CCCCN2S(=O)(=O)c2cccs2)sc2c(Cl)ccc(Cl)c21. The van der Waals surface area contributed by atoms with E-state index in [0.29, 0.717) is 33.3 Å². The molecule has 4 rings (SSSR count). The number of thiazole rings is 1. The van der Waals surface area contributed by atoms with Gasteiger partial charge in [0.05, 0.1) is 20.3 Å². The van der Waals surface area contributed by atoms with Crippen molar-refractivity contribution < 1.29 is 13.2 Å². The molecule has 1 unspecified atom stereocenters. The number of sulfonamides is 1. The highest BCUT2D eigenvalue weighted by Crippen LogP contribution is 2.32. The number of nitrogens with zero attached hydrogens (tertiary/aromatic N) is 3. The number of amides is 1. The maximum Gasteiger partial charge on any atom is 0.266 e. The van der Waals surface area contributed by atoms with Gasteiger partial charge in [0, 0.05) is 13.6 Å². The van der Waals surface area contributed by atoms with Crippen molar-refractivity contribution in [3.8, 4) is 0 Å². The van der Waals surface area contributed by atoms with Crippen LogP contribution >= 0.6 is 45.9 Å². The molecule has 1 saturated heterocycles. The van der Waals surface area contributed by atoms with E-state index in [9.17, 15) is 13.2 Å². The van der Waals surface area contributed by atoms with E-state index in [1.165, 1.54) is 15.6 Å². The fraction of sp³-hybridized carbons (Fsp3) is 0.333. The van der Waals surface area contributed by atoms with Crippen LogP contribution in [0.4, 0.5) is 0 Å². The largest absolute Gasteiger partial charge is 0.318 e. The molecule has 154 valence electrons. The van der Waals surface area contributed by atoms with Crippen molar-refractivity contribution in [2.24, 2.45) is 12.0 Å². The van der Waals surface area contributed by atoms with Crippen molar-refractivity contribution in [3.63, 3.8) is 0 Å². The highest BCUT2D eigenvalue weighted by Gasteiger charge is 2.38. The molecule has 11 heteroatoms. The third-order valence-electron chi connectivity index (χ3n) is 4.85. The number of thiophene rings is 1. The summed E-state index contributed by atoms with van der Waals surface area (Å²) in [5, 5.41) is 2.75. The van der Waals surface area contributed by atoms with Crippen molar-refractivity contribution >= 4 is 72.0 Å². The standard InChI is InChI=1S/C18H17Cl2N3O3S3/c1-22-15-11(19)7-8-12(20)16(15)28-18(22)21-17(24)13-5-2-3-9-23(13)29(25,26)14-6-4-10-27-14/h4,6-8,10,13H,2-3,5,9H2,1H3. The van der Waals surface area contributed by atoms with Gasteiger partial charge in [0.15, 0.2) is 4.80 Å². The number of hydrogen-bond acceptors (Lipinski definition) is 5. The van der Waals surface area contributed by atoms with E-state index in [4.69, 9.17) is 23.2 Å². The highest BCUT2D eigenvalue weighted by molar-refractivity contribution is 7.91. The minimum Gasteiger partial charge on any atom is -0.318 e. The molecule has 0 bridgehead atoms. The van der Waals surface area contributed by atoms with Crippen LogP contribution in [-0.2, 0) is 21.9 Å². The van der Waals surface area contributed by atoms with Crippen molar-refractivity contribution in [1.29, 1.82) is 0 Å². The average Bonchev–Trinajstić information content (AvgIpc) is 3.35. The first kappa shape index (κ1) is 21.0. The quantitative estimate of drug-likeness (QED) is 0.550. The molecular weight excluding hydrogens is 473 g/mol. The predicted octanol–water partition coefficient (Wildman–Crippen LogP) is 4.28. The molecule has 6 nitrogen and oxygen atoms in total. The smallest absolute Gasteiger partial charge is 0.266 e. The van der Waals surface area contributed by atoms with Crippen LogP contribution in [0.1, 0.15) is 19.3 Å². The highest BCUT2D eigenvalue weighted by atomic mass is 35.5. The summed E-state index contributed by atoms with van der Waals surface area (Å²) >= 11 is 15.0. The van der Waals surface area contributed by atoms with Crippen molar-refractivity contribution in [1.82, 2.24) is 8.87 Å². The number of aryl methyl sites for hydroxylation is 1. The van der Waals surface area contributed by atoms with Crippen LogP contribution in [0, 0.1) is 0 Å². The normalized spacial score (nSPS) is 19.1. The van der Waals surface area contributed by atoms with Gasteiger partial charge >= 0.3 is 0 Å². The molecular formula is C18H17Cl2N3O3S3. The Morgan fingerprint density at radius 2 is 1.97 bits per heavy atom. The zero-order valence-corrected chi connectivity index (χ0v) is 19.3. The summed E-state index contributed by atoms with van der Waals surface area (Å²) in [5.41, 5.74) is 0.697. The zero-order valence-electron chi connectivity index (χ0n) is 15.3. The molecule has 29 heavy (non-hydrogen) atoms. The monoisotopic (exact) mass is 489 g/mol. The number of benzene rings is 1. The maximum atomic E-state index is 13.1. The van der Waals surface area contributed by atoms with Crippen LogP contribution in [0.3, 0.4) is 0 Å². The average molecular weight is 490 g/mol. The Morgan fingerprint density at radius 3 is 2.66 bits per heavy atom. The molecule has 1 amide bonds. The van der Waals surface area contributed by atoms with Gasteiger partial charge in [-0.05, 0) is 36.4 Å². The summed E-state index contributed by atoms with van der Waals surface area (Å²) in [7, 11) is -1.97. The number of fused-ring (bicyclic) bond motifs is 1. The Hall–Kier alpha value is -1.23. The van der Waals surface area contributed by atoms with Gasteiger partial charge in [-0.25, -0.2) is 8.42 Å². The minimum atomic E-state index is -3.73. The van der Waals surface area contributed by atoms with Gasteiger partial charge in [-0.1, -0.05) is 47.0 Å². The number of aromatic nitrogens is 1. The van der Waals surface area contributed by atoms with E-state index in [-0.39, 0.29) is 4.21 Å². The van der Waals surface area contributed by atoms with E-state index >= 15 is 0 Å². The molecule has 0 N–H and O–H groups in total. The third kappa shape index (κ3) is 3.80. The van der Waals surface area contributed by atoms with Gasteiger partial charge < -0.3 is 4.57 Å². The summed E-state index contributed by atoms with van der Waals surface area (Å²) in [5.74, 6) is -0.473. The van der Waals surface area contributed by atoms with Gasteiger partial charge in [0.1, 0.15) is 10.3 Å². The first-order valence-electron chi connectivity index (χ1n) is 8.88. The molecule has 2 aromatic heterocycles. The molecule has 1 aromatic carbocycles. The van der Waals surface area contributed by atoms with Crippen LogP contribution in [0.2, 0.25) is 10.0 Å². The Balaban J connectivity index is 1.75. The Bertz CT molecular complexity index is 1250. The first-order valence-corrected chi connectivity index (χ1v) is 12.8. The Labute approximate surface area is 186 Å². The Morgan fingerprint density at radius 1 is 1.21 bits per heavy atom. The molecule has 3 aromatic rings. The fourth-order valence-electron chi connectivity index (χ4n) is 3.42. The second-order valence-electron chi connectivity index (χ2n) is 6.66. The molecule has 1 fully saturated rings. The predicted molar refractivity (Wildman–Crippen MR) is 117 cm³/mol. The van der Waals surface area contributed by atoms with Crippen molar-refractivity contribution in [2.45, 2.75) is 29.5 Å². The molecule has 0 saturated carbocycles.